The van der Waals surface area contributed by atoms with E-state index in [2.05, 4.69) is 5.32 Å². The lowest BCUT2D eigenvalue weighted by atomic mass is 9.98. The molecule has 0 radical (unpaired) electrons. The summed E-state index contributed by atoms with van der Waals surface area (Å²) < 4.78 is 27.5. The summed E-state index contributed by atoms with van der Waals surface area (Å²) in [6.07, 6.45) is 1.87. The van der Waals surface area contributed by atoms with Gasteiger partial charge in [0.15, 0.2) is 0 Å². The van der Waals surface area contributed by atoms with Crippen molar-refractivity contribution < 1.29 is 18.4 Å². The van der Waals surface area contributed by atoms with Gasteiger partial charge in [-0.3, -0.25) is 9.59 Å². The second kappa shape index (κ2) is 7.25. The Hall–Kier alpha value is -2.02. The summed E-state index contributed by atoms with van der Waals surface area (Å²) in [5, 5.41) is 3.22. The van der Waals surface area contributed by atoms with Crippen LogP contribution in [-0.2, 0) is 4.79 Å². The zero-order valence-corrected chi connectivity index (χ0v) is 13.4. The van der Waals surface area contributed by atoms with E-state index in [0.717, 1.165) is 31.5 Å². The lowest BCUT2D eigenvalue weighted by molar-refractivity contribution is -0.137. The van der Waals surface area contributed by atoms with Crippen molar-refractivity contribution in [1.29, 1.82) is 0 Å². The van der Waals surface area contributed by atoms with E-state index >= 15 is 0 Å². The third kappa shape index (κ3) is 3.40. The molecule has 2 saturated heterocycles. The van der Waals surface area contributed by atoms with Gasteiger partial charge in [0, 0.05) is 32.7 Å². The van der Waals surface area contributed by atoms with E-state index in [-0.39, 0.29) is 11.8 Å². The maximum Gasteiger partial charge on any atom is 0.259 e. The zero-order chi connectivity index (χ0) is 17.1. The van der Waals surface area contributed by atoms with Crippen LogP contribution in [0, 0.1) is 17.6 Å². The van der Waals surface area contributed by atoms with Gasteiger partial charge in [-0.25, -0.2) is 8.78 Å². The molecule has 2 heterocycles. The first-order chi connectivity index (χ1) is 11.6. The molecule has 1 aromatic carbocycles. The number of piperazine rings is 1. The van der Waals surface area contributed by atoms with E-state index in [0.29, 0.717) is 32.7 Å². The van der Waals surface area contributed by atoms with Crippen LogP contribution in [0.4, 0.5) is 8.78 Å². The molecule has 1 unspecified atom stereocenters. The topological polar surface area (TPSA) is 52.7 Å². The van der Waals surface area contributed by atoms with Crippen LogP contribution in [0.2, 0.25) is 0 Å². The number of carbonyl (C=O) groups is 2. The van der Waals surface area contributed by atoms with Gasteiger partial charge in [-0.2, -0.15) is 0 Å². The highest BCUT2D eigenvalue weighted by Crippen LogP contribution is 2.18. The Morgan fingerprint density at radius 3 is 2.25 bits per heavy atom. The smallest absolute Gasteiger partial charge is 0.259 e. The van der Waals surface area contributed by atoms with Crippen LogP contribution in [0.1, 0.15) is 23.2 Å². The molecule has 0 aromatic heterocycles. The van der Waals surface area contributed by atoms with Crippen LogP contribution in [0.15, 0.2) is 18.2 Å². The largest absolute Gasteiger partial charge is 0.339 e. The van der Waals surface area contributed by atoms with Crippen LogP contribution >= 0.6 is 0 Å². The average Bonchev–Trinajstić information content (AvgIpc) is 2.62. The highest BCUT2D eigenvalue weighted by Gasteiger charge is 2.31. The second-order valence-corrected chi connectivity index (χ2v) is 6.26. The number of piperidine rings is 1. The van der Waals surface area contributed by atoms with Gasteiger partial charge in [0.25, 0.3) is 5.91 Å². The lowest BCUT2D eigenvalue weighted by Crippen LogP contribution is -2.53. The normalized spacial score (nSPS) is 21.7. The van der Waals surface area contributed by atoms with Gasteiger partial charge in [-0.15, -0.1) is 0 Å². The number of amides is 2. The van der Waals surface area contributed by atoms with Gasteiger partial charge in [-0.05, 0) is 31.5 Å². The van der Waals surface area contributed by atoms with Crippen LogP contribution in [0.3, 0.4) is 0 Å². The number of benzene rings is 1. The monoisotopic (exact) mass is 337 g/mol. The molecule has 2 aliphatic rings. The molecule has 2 fully saturated rings. The number of nitrogens with one attached hydrogen (secondary N) is 1. The lowest BCUT2D eigenvalue weighted by Gasteiger charge is -2.37. The summed E-state index contributed by atoms with van der Waals surface area (Å²) in [7, 11) is 0. The highest BCUT2D eigenvalue weighted by molar-refractivity contribution is 5.95. The molecule has 7 heteroatoms. The molecule has 5 nitrogen and oxygen atoms in total. The number of carbonyl (C=O) groups excluding carboxylic acids is 2. The number of halogens is 2. The van der Waals surface area contributed by atoms with E-state index < -0.39 is 23.1 Å². The fraction of sp³-hybridized carbons (Fsp3) is 0.529. The van der Waals surface area contributed by atoms with E-state index in [9.17, 15) is 18.4 Å². The van der Waals surface area contributed by atoms with E-state index in [1.807, 2.05) is 0 Å². The summed E-state index contributed by atoms with van der Waals surface area (Å²) in [6, 6.07) is 3.38. The van der Waals surface area contributed by atoms with Crippen LogP contribution in [-0.4, -0.2) is 60.9 Å². The Kier molecular flexibility index (Phi) is 5.08. The molecular formula is C17H21F2N3O2. The van der Waals surface area contributed by atoms with Crippen LogP contribution in [0.25, 0.3) is 0 Å². The Morgan fingerprint density at radius 2 is 1.67 bits per heavy atom. The van der Waals surface area contributed by atoms with Gasteiger partial charge in [0.05, 0.1) is 5.92 Å². The highest BCUT2D eigenvalue weighted by atomic mass is 19.1. The number of hydrogen-bond donors (Lipinski definition) is 1. The number of hydrogen-bond acceptors (Lipinski definition) is 3. The van der Waals surface area contributed by atoms with Gasteiger partial charge in [0.1, 0.15) is 17.2 Å². The maximum atomic E-state index is 13.7. The quantitative estimate of drug-likeness (QED) is 0.884. The first kappa shape index (κ1) is 16.8. The number of rotatable bonds is 2. The first-order valence-corrected chi connectivity index (χ1v) is 8.30. The van der Waals surface area contributed by atoms with Crippen molar-refractivity contribution in [2.45, 2.75) is 12.8 Å². The molecule has 2 aliphatic heterocycles. The first-order valence-electron chi connectivity index (χ1n) is 8.30. The molecule has 24 heavy (non-hydrogen) atoms. The Labute approximate surface area is 139 Å². The minimum absolute atomic E-state index is 0.00925. The Morgan fingerprint density at radius 1 is 1.04 bits per heavy atom. The molecule has 3 rings (SSSR count). The van der Waals surface area contributed by atoms with E-state index in [4.69, 9.17) is 0 Å². The van der Waals surface area contributed by atoms with Crippen molar-refractivity contribution in [3.05, 3.63) is 35.4 Å². The predicted molar refractivity (Wildman–Crippen MR) is 84.4 cm³/mol. The molecule has 0 saturated carbocycles. The summed E-state index contributed by atoms with van der Waals surface area (Å²) in [5.74, 6) is -2.27. The average molecular weight is 337 g/mol. The van der Waals surface area contributed by atoms with Crippen LogP contribution < -0.4 is 5.32 Å². The van der Waals surface area contributed by atoms with Crippen molar-refractivity contribution in [1.82, 2.24) is 15.1 Å². The Balaban J connectivity index is 1.60. The zero-order valence-electron chi connectivity index (χ0n) is 13.4. The van der Waals surface area contributed by atoms with E-state index in [1.54, 1.807) is 4.90 Å². The van der Waals surface area contributed by atoms with Gasteiger partial charge in [0.2, 0.25) is 5.91 Å². The van der Waals surface area contributed by atoms with Crippen LogP contribution in [0.5, 0.6) is 0 Å². The Bertz CT molecular complexity index is 604. The predicted octanol–water partition coefficient (Wildman–Crippen LogP) is 1.25. The molecule has 130 valence electrons. The molecule has 1 aromatic rings. The fourth-order valence-electron chi connectivity index (χ4n) is 3.31. The van der Waals surface area contributed by atoms with E-state index in [1.165, 1.54) is 11.0 Å². The molecule has 0 spiro atoms. The molecular weight excluding hydrogens is 316 g/mol. The van der Waals surface area contributed by atoms with Gasteiger partial charge in [-0.1, -0.05) is 6.07 Å². The number of nitrogens with zero attached hydrogens (tertiary/aromatic N) is 2. The molecule has 1 atom stereocenters. The molecule has 2 amide bonds. The van der Waals surface area contributed by atoms with Crippen molar-refractivity contribution in [3.63, 3.8) is 0 Å². The third-order valence-electron chi connectivity index (χ3n) is 4.70. The summed E-state index contributed by atoms with van der Waals surface area (Å²) in [6.45, 7) is 3.02. The standard InChI is InChI=1S/C17H21F2N3O2/c18-13-4-1-5-14(19)15(13)17(24)22-9-7-21(8-10-22)16(23)12-3-2-6-20-11-12/h1,4-5,12,20H,2-3,6-11H2. The fourth-order valence-corrected chi connectivity index (χ4v) is 3.31. The third-order valence-corrected chi connectivity index (χ3v) is 4.70. The van der Waals surface area contributed by atoms with Gasteiger partial charge >= 0.3 is 0 Å². The van der Waals surface area contributed by atoms with Gasteiger partial charge < -0.3 is 15.1 Å². The summed E-state index contributed by atoms with van der Waals surface area (Å²) in [5.41, 5.74) is -0.520. The minimum Gasteiger partial charge on any atom is -0.339 e. The summed E-state index contributed by atoms with van der Waals surface area (Å²) >= 11 is 0. The SMILES string of the molecule is O=C(c1c(F)cccc1F)N1CCN(C(=O)C2CCCNC2)CC1. The minimum atomic E-state index is -0.855. The van der Waals surface area contributed by atoms with Crippen molar-refractivity contribution >= 4 is 11.8 Å². The summed E-state index contributed by atoms with van der Waals surface area (Å²) in [4.78, 5) is 28.0. The maximum absolute atomic E-state index is 13.7. The molecule has 0 aliphatic carbocycles. The van der Waals surface area contributed by atoms with Crippen molar-refractivity contribution in [2.75, 3.05) is 39.3 Å². The molecule has 1 N–H and O–H groups in total. The molecule has 0 bridgehead atoms. The van der Waals surface area contributed by atoms with Crippen molar-refractivity contribution in [3.8, 4) is 0 Å². The second-order valence-electron chi connectivity index (χ2n) is 6.26. The van der Waals surface area contributed by atoms with Crippen molar-refractivity contribution in [2.24, 2.45) is 5.92 Å².